The van der Waals surface area contributed by atoms with Crippen molar-refractivity contribution in [2.24, 2.45) is 11.1 Å². The molecule has 1 aliphatic heterocycles. The molecule has 3 rings (SSSR count). The molecule has 0 unspecified atom stereocenters. The number of amides is 2. The first-order chi connectivity index (χ1) is 12.6. The molecule has 1 heterocycles. The molecule has 4 heteroatoms. The molecule has 0 spiro atoms. The second-order valence-electron chi connectivity index (χ2n) is 7.16. The first-order valence-corrected chi connectivity index (χ1v) is 9.27. The predicted octanol–water partition coefficient (Wildman–Crippen LogP) is 3.40. The van der Waals surface area contributed by atoms with Gasteiger partial charge in [0.1, 0.15) is 0 Å². The number of carbonyl (C=O) groups is 2. The highest BCUT2D eigenvalue weighted by Gasteiger charge is 2.44. The molecule has 0 aliphatic carbocycles. The summed E-state index contributed by atoms with van der Waals surface area (Å²) in [6.07, 6.45) is 2.52. The quantitative estimate of drug-likeness (QED) is 0.868. The van der Waals surface area contributed by atoms with Crippen LogP contribution in [0.25, 0.3) is 11.1 Å². The van der Waals surface area contributed by atoms with Crippen molar-refractivity contribution in [2.75, 3.05) is 13.1 Å². The van der Waals surface area contributed by atoms with Crippen LogP contribution >= 0.6 is 0 Å². The summed E-state index contributed by atoms with van der Waals surface area (Å²) in [6.45, 7) is 3.02. The molecular formula is C22H26N2O2. The van der Waals surface area contributed by atoms with Crippen molar-refractivity contribution in [2.45, 2.75) is 32.6 Å². The van der Waals surface area contributed by atoms with Gasteiger partial charge in [-0.1, -0.05) is 61.5 Å². The van der Waals surface area contributed by atoms with Crippen LogP contribution in [0.1, 0.15) is 31.7 Å². The Morgan fingerprint density at radius 2 is 1.77 bits per heavy atom. The van der Waals surface area contributed by atoms with Gasteiger partial charge < -0.3 is 10.6 Å². The van der Waals surface area contributed by atoms with Gasteiger partial charge >= 0.3 is 0 Å². The highest BCUT2D eigenvalue weighted by molar-refractivity contribution is 5.85. The van der Waals surface area contributed by atoms with E-state index in [1.165, 1.54) is 0 Å². The summed E-state index contributed by atoms with van der Waals surface area (Å²) in [6, 6.07) is 18.3. The minimum atomic E-state index is -0.686. The summed E-state index contributed by atoms with van der Waals surface area (Å²) in [5.41, 5.74) is 8.48. The number of rotatable bonds is 6. The summed E-state index contributed by atoms with van der Waals surface area (Å²) >= 11 is 0. The number of nitrogens with two attached hydrogens (primary N) is 1. The van der Waals surface area contributed by atoms with E-state index < -0.39 is 5.41 Å². The van der Waals surface area contributed by atoms with E-state index in [4.69, 9.17) is 5.73 Å². The average Bonchev–Trinajstić information content (AvgIpc) is 3.09. The first-order valence-electron chi connectivity index (χ1n) is 9.27. The molecule has 136 valence electrons. The van der Waals surface area contributed by atoms with Gasteiger partial charge in [0.2, 0.25) is 11.8 Å². The summed E-state index contributed by atoms with van der Waals surface area (Å²) < 4.78 is 0. The maximum Gasteiger partial charge on any atom is 0.225 e. The number of nitrogens with zero attached hydrogens (tertiary/aromatic N) is 1. The largest absolute Gasteiger partial charge is 0.369 e. The highest BCUT2D eigenvalue weighted by atomic mass is 16.2. The first kappa shape index (κ1) is 18.2. The maximum atomic E-state index is 12.4. The predicted molar refractivity (Wildman–Crippen MR) is 103 cm³/mol. The lowest BCUT2D eigenvalue weighted by Gasteiger charge is -2.27. The third kappa shape index (κ3) is 3.64. The third-order valence-corrected chi connectivity index (χ3v) is 5.32. The Hall–Kier alpha value is -2.62. The minimum absolute atomic E-state index is 0.118. The van der Waals surface area contributed by atoms with Crippen LogP contribution in [0.5, 0.6) is 0 Å². The molecule has 2 amide bonds. The summed E-state index contributed by atoms with van der Waals surface area (Å²) in [5.74, 6) is -0.195. The molecular weight excluding hydrogens is 324 g/mol. The van der Waals surface area contributed by atoms with Gasteiger partial charge in [-0.15, -0.1) is 0 Å². The molecule has 0 radical (unpaired) electrons. The average molecular weight is 350 g/mol. The molecule has 2 aromatic carbocycles. The van der Waals surface area contributed by atoms with E-state index in [0.717, 1.165) is 23.1 Å². The summed E-state index contributed by atoms with van der Waals surface area (Å²) in [5, 5.41) is 0. The van der Waals surface area contributed by atoms with Gasteiger partial charge in [0.25, 0.3) is 0 Å². The molecule has 0 saturated carbocycles. The molecule has 0 bridgehead atoms. The van der Waals surface area contributed by atoms with Crippen molar-refractivity contribution >= 4 is 11.8 Å². The molecule has 4 nitrogen and oxygen atoms in total. The summed E-state index contributed by atoms with van der Waals surface area (Å²) in [7, 11) is 0. The van der Waals surface area contributed by atoms with Crippen LogP contribution in [0.2, 0.25) is 0 Å². The van der Waals surface area contributed by atoms with Crippen LogP contribution < -0.4 is 5.73 Å². The van der Waals surface area contributed by atoms with E-state index in [2.05, 4.69) is 24.3 Å². The van der Waals surface area contributed by atoms with E-state index in [-0.39, 0.29) is 11.8 Å². The summed E-state index contributed by atoms with van der Waals surface area (Å²) in [4.78, 5) is 26.5. The minimum Gasteiger partial charge on any atom is -0.369 e. The lowest BCUT2D eigenvalue weighted by atomic mass is 9.78. The van der Waals surface area contributed by atoms with E-state index in [1.54, 1.807) is 4.90 Å². The van der Waals surface area contributed by atoms with E-state index >= 15 is 0 Å². The highest BCUT2D eigenvalue weighted by Crippen LogP contribution is 2.37. The molecule has 2 N–H and O–H groups in total. The zero-order valence-corrected chi connectivity index (χ0v) is 15.3. The molecule has 26 heavy (non-hydrogen) atoms. The molecule has 1 saturated heterocycles. The lowest BCUT2D eigenvalue weighted by molar-refractivity contribution is -0.132. The molecule has 2 aromatic rings. The number of carbonyl (C=O) groups excluding carboxylic acids is 2. The van der Waals surface area contributed by atoms with Gasteiger partial charge in [0, 0.05) is 19.5 Å². The van der Waals surface area contributed by atoms with Gasteiger partial charge in [0.05, 0.1) is 5.41 Å². The molecule has 1 fully saturated rings. The Labute approximate surface area is 155 Å². The van der Waals surface area contributed by atoms with E-state index in [1.807, 2.05) is 37.3 Å². The normalized spacial score (nSPS) is 19.5. The van der Waals surface area contributed by atoms with Gasteiger partial charge in [-0.05, 0) is 36.0 Å². The maximum absolute atomic E-state index is 12.4. The number of primary amides is 1. The zero-order chi connectivity index (χ0) is 18.6. The Kier molecular flexibility index (Phi) is 5.40. The third-order valence-electron chi connectivity index (χ3n) is 5.32. The molecule has 1 atom stereocenters. The fraction of sp³-hybridized carbons (Fsp3) is 0.364. The Balaban J connectivity index is 1.89. The monoisotopic (exact) mass is 350 g/mol. The van der Waals surface area contributed by atoms with Crippen molar-refractivity contribution in [3.8, 4) is 11.1 Å². The fourth-order valence-electron chi connectivity index (χ4n) is 3.83. The van der Waals surface area contributed by atoms with Gasteiger partial charge in [-0.25, -0.2) is 0 Å². The van der Waals surface area contributed by atoms with Crippen molar-refractivity contribution in [1.82, 2.24) is 4.90 Å². The van der Waals surface area contributed by atoms with Crippen molar-refractivity contribution in [3.63, 3.8) is 0 Å². The van der Waals surface area contributed by atoms with Crippen LogP contribution in [0.3, 0.4) is 0 Å². The SMILES string of the molecule is CCCC(=O)N1CC[C@@](Cc2ccccc2-c2ccccc2)(C(N)=O)C1. The van der Waals surface area contributed by atoms with Crippen LogP contribution in [-0.2, 0) is 16.0 Å². The van der Waals surface area contributed by atoms with Crippen LogP contribution in [0, 0.1) is 5.41 Å². The van der Waals surface area contributed by atoms with Crippen LogP contribution in [-0.4, -0.2) is 29.8 Å². The molecule has 1 aliphatic rings. The van der Waals surface area contributed by atoms with Crippen molar-refractivity contribution in [1.29, 1.82) is 0 Å². The van der Waals surface area contributed by atoms with Gasteiger partial charge in [-0.2, -0.15) is 0 Å². The van der Waals surface area contributed by atoms with Gasteiger partial charge in [-0.3, -0.25) is 9.59 Å². The second kappa shape index (κ2) is 7.73. The van der Waals surface area contributed by atoms with Crippen molar-refractivity contribution < 1.29 is 9.59 Å². The standard InChI is InChI=1S/C22H26N2O2/c1-2-8-20(25)24-14-13-22(16-24,21(23)26)15-18-11-6-7-12-19(18)17-9-4-3-5-10-17/h3-7,9-12H,2,8,13-16H2,1H3,(H2,23,26)/t22-/m0/s1. The number of benzene rings is 2. The Morgan fingerprint density at radius 1 is 1.08 bits per heavy atom. The number of hydrogen-bond donors (Lipinski definition) is 1. The Morgan fingerprint density at radius 3 is 2.46 bits per heavy atom. The lowest BCUT2D eigenvalue weighted by Crippen LogP contribution is -2.42. The topological polar surface area (TPSA) is 63.4 Å². The van der Waals surface area contributed by atoms with E-state index in [0.29, 0.717) is 32.4 Å². The van der Waals surface area contributed by atoms with Gasteiger partial charge in [0.15, 0.2) is 0 Å². The number of hydrogen-bond acceptors (Lipinski definition) is 2. The zero-order valence-electron chi connectivity index (χ0n) is 15.3. The van der Waals surface area contributed by atoms with Crippen LogP contribution in [0.15, 0.2) is 54.6 Å². The smallest absolute Gasteiger partial charge is 0.225 e. The second-order valence-corrected chi connectivity index (χ2v) is 7.16. The van der Waals surface area contributed by atoms with Crippen molar-refractivity contribution in [3.05, 3.63) is 60.2 Å². The fourth-order valence-corrected chi connectivity index (χ4v) is 3.83. The van der Waals surface area contributed by atoms with E-state index in [9.17, 15) is 9.59 Å². The number of likely N-dealkylation sites (tertiary alicyclic amines) is 1. The molecule has 0 aromatic heterocycles. The Bertz CT molecular complexity index is 788. The van der Waals surface area contributed by atoms with Crippen LogP contribution in [0.4, 0.5) is 0 Å².